The highest BCUT2D eigenvalue weighted by molar-refractivity contribution is 7.22. The van der Waals surface area contributed by atoms with Gasteiger partial charge in [-0.2, -0.15) is 0 Å². The van der Waals surface area contributed by atoms with Gasteiger partial charge in [0.1, 0.15) is 0 Å². The largest absolute Gasteiger partial charge is 0.208 e. The summed E-state index contributed by atoms with van der Waals surface area (Å²) in [4.78, 5) is 16.7. The van der Waals surface area contributed by atoms with Crippen LogP contribution in [0.4, 0.5) is 0 Å². The van der Waals surface area contributed by atoms with Crippen LogP contribution in [-0.4, -0.2) is 15.0 Å². The van der Waals surface area contributed by atoms with Crippen molar-refractivity contribution in [1.29, 1.82) is 0 Å². The molecule has 0 aliphatic rings. The van der Waals surface area contributed by atoms with Crippen LogP contribution in [0.15, 0.2) is 188 Å². The first kappa shape index (κ1) is 31.0. The Morgan fingerprint density at radius 2 is 0.868 bits per heavy atom. The number of rotatable bonds is 6. The van der Waals surface area contributed by atoms with Gasteiger partial charge in [-0.05, 0) is 79.0 Å². The van der Waals surface area contributed by atoms with Crippen LogP contribution < -0.4 is 0 Å². The van der Waals surface area contributed by atoms with Gasteiger partial charge in [0.05, 0.1) is 4.88 Å². The summed E-state index contributed by atoms with van der Waals surface area (Å²) in [5.74, 6) is 1.96. The lowest BCUT2D eigenvalue weighted by Crippen LogP contribution is -2.01. The molecule has 0 aliphatic carbocycles. The predicted octanol–water partition coefficient (Wildman–Crippen LogP) is 13.4. The van der Waals surface area contributed by atoms with Crippen LogP contribution in [0.1, 0.15) is 0 Å². The highest BCUT2D eigenvalue weighted by atomic mass is 32.1. The molecule has 8 aromatic carbocycles. The first-order valence-electron chi connectivity index (χ1n) is 17.8. The van der Waals surface area contributed by atoms with Crippen molar-refractivity contribution < 1.29 is 0 Å². The highest BCUT2D eigenvalue weighted by Gasteiger charge is 2.19. The number of benzene rings is 8. The van der Waals surface area contributed by atoms with Crippen LogP contribution >= 0.6 is 11.3 Å². The lowest BCUT2D eigenvalue weighted by molar-refractivity contribution is 1.08. The molecule has 0 fully saturated rings. The van der Waals surface area contributed by atoms with Gasteiger partial charge in [-0.3, -0.25) is 0 Å². The van der Waals surface area contributed by atoms with E-state index in [1.165, 1.54) is 42.9 Å². The molecule has 2 aromatic heterocycles. The molecule has 0 saturated heterocycles. The van der Waals surface area contributed by atoms with Crippen LogP contribution in [0.25, 0.3) is 98.5 Å². The van der Waals surface area contributed by atoms with E-state index in [1.807, 2.05) is 0 Å². The maximum absolute atomic E-state index is 5.28. The quantitative estimate of drug-likeness (QED) is 0.174. The van der Waals surface area contributed by atoms with Crippen molar-refractivity contribution in [3.05, 3.63) is 188 Å². The van der Waals surface area contributed by atoms with Crippen LogP contribution in [0, 0.1) is 0 Å². The molecule has 0 bridgehead atoms. The van der Waals surface area contributed by atoms with Gasteiger partial charge < -0.3 is 0 Å². The van der Waals surface area contributed by atoms with Gasteiger partial charge in [0.25, 0.3) is 0 Å². The summed E-state index contributed by atoms with van der Waals surface area (Å²) >= 11 is 1.71. The Morgan fingerprint density at radius 3 is 1.62 bits per heavy atom. The smallest absolute Gasteiger partial charge is 0.174 e. The van der Waals surface area contributed by atoms with Crippen molar-refractivity contribution in [3.63, 3.8) is 0 Å². The number of aromatic nitrogens is 3. The van der Waals surface area contributed by atoms with Crippen molar-refractivity contribution in [3.8, 4) is 66.9 Å². The van der Waals surface area contributed by atoms with E-state index in [0.29, 0.717) is 17.5 Å². The summed E-state index contributed by atoms with van der Waals surface area (Å²) < 4.78 is 1.20. The molecule has 10 aromatic rings. The van der Waals surface area contributed by atoms with Gasteiger partial charge in [0.2, 0.25) is 0 Å². The standard InChI is InChI=1S/C49H31N3S/c1-3-14-32(15-4-1)38-28-29-39(42-24-11-10-23-41(38)42)35-20-13-21-37(30-35)47-50-48(52-49(51-47)45-31-36-19-8-12-25-44(36)53-45)43-27-26-33-16-7-9-22-40(33)46(43)34-17-5-2-6-18-34/h1-31H. The summed E-state index contributed by atoms with van der Waals surface area (Å²) in [6.45, 7) is 0. The minimum Gasteiger partial charge on any atom is -0.208 e. The molecule has 0 atom stereocenters. The monoisotopic (exact) mass is 693 g/mol. The summed E-state index contributed by atoms with van der Waals surface area (Å²) in [5.41, 5.74) is 8.85. The maximum atomic E-state index is 5.28. The lowest BCUT2D eigenvalue weighted by Gasteiger charge is -2.15. The zero-order chi connectivity index (χ0) is 35.1. The average Bonchev–Trinajstić information content (AvgIpc) is 3.68. The number of fused-ring (bicyclic) bond motifs is 3. The molecule has 3 nitrogen and oxygen atoms in total. The third kappa shape index (κ3) is 5.66. The van der Waals surface area contributed by atoms with E-state index in [-0.39, 0.29) is 0 Å². The molecule has 0 radical (unpaired) electrons. The Balaban J connectivity index is 1.18. The molecular formula is C49H31N3S. The Labute approximate surface area is 311 Å². The first-order chi connectivity index (χ1) is 26.3. The normalized spacial score (nSPS) is 11.4. The number of nitrogens with zero attached hydrogens (tertiary/aromatic N) is 3. The van der Waals surface area contributed by atoms with Crippen molar-refractivity contribution in [1.82, 2.24) is 15.0 Å². The molecule has 0 amide bonds. The van der Waals surface area contributed by atoms with E-state index in [0.717, 1.165) is 38.1 Å². The minimum atomic E-state index is 0.640. The Kier molecular flexibility index (Phi) is 7.67. The van der Waals surface area contributed by atoms with Gasteiger partial charge in [0, 0.05) is 21.4 Å². The molecule has 0 saturated carbocycles. The molecule has 53 heavy (non-hydrogen) atoms. The summed E-state index contributed by atoms with van der Waals surface area (Å²) in [7, 11) is 0. The number of thiophene rings is 1. The molecule has 2 heterocycles. The average molecular weight is 694 g/mol. The fourth-order valence-corrected chi connectivity index (χ4v) is 8.44. The van der Waals surface area contributed by atoms with Gasteiger partial charge in [-0.15, -0.1) is 11.3 Å². The molecule has 0 N–H and O–H groups in total. The second kappa shape index (κ2) is 13.1. The van der Waals surface area contributed by atoms with E-state index >= 15 is 0 Å². The third-order valence-electron chi connectivity index (χ3n) is 9.95. The van der Waals surface area contributed by atoms with Gasteiger partial charge in [0.15, 0.2) is 17.5 Å². The molecule has 0 unspecified atom stereocenters. The Bertz CT molecular complexity index is 2920. The van der Waals surface area contributed by atoms with Crippen molar-refractivity contribution >= 4 is 43.0 Å². The van der Waals surface area contributed by atoms with Crippen molar-refractivity contribution in [2.24, 2.45) is 0 Å². The minimum absolute atomic E-state index is 0.640. The van der Waals surface area contributed by atoms with Crippen molar-refractivity contribution in [2.45, 2.75) is 0 Å². The molecule has 0 aliphatic heterocycles. The maximum Gasteiger partial charge on any atom is 0.174 e. The van der Waals surface area contributed by atoms with E-state index in [4.69, 9.17) is 15.0 Å². The van der Waals surface area contributed by atoms with Crippen LogP contribution in [0.2, 0.25) is 0 Å². The second-order valence-electron chi connectivity index (χ2n) is 13.2. The van der Waals surface area contributed by atoms with E-state index in [2.05, 4.69) is 188 Å². The molecule has 0 spiro atoms. The molecule has 10 rings (SSSR count). The fraction of sp³-hybridized carbons (Fsp3) is 0. The summed E-state index contributed by atoms with van der Waals surface area (Å²) in [5, 5.41) is 5.94. The fourth-order valence-electron chi connectivity index (χ4n) is 7.45. The molecule has 248 valence electrons. The zero-order valence-electron chi connectivity index (χ0n) is 28.6. The molecular weight excluding hydrogens is 663 g/mol. The number of hydrogen-bond donors (Lipinski definition) is 0. The Hall–Kier alpha value is -6.75. The second-order valence-corrected chi connectivity index (χ2v) is 14.3. The highest BCUT2D eigenvalue weighted by Crippen LogP contribution is 2.40. The first-order valence-corrected chi connectivity index (χ1v) is 18.6. The van der Waals surface area contributed by atoms with E-state index in [1.54, 1.807) is 11.3 Å². The van der Waals surface area contributed by atoms with E-state index < -0.39 is 0 Å². The summed E-state index contributed by atoms with van der Waals surface area (Å²) in [6, 6.07) is 66.4. The van der Waals surface area contributed by atoms with Gasteiger partial charge >= 0.3 is 0 Å². The van der Waals surface area contributed by atoms with Crippen LogP contribution in [0.3, 0.4) is 0 Å². The van der Waals surface area contributed by atoms with Crippen molar-refractivity contribution in [2.75, 3.05) is 0 Å². The topological polar surface area (TPSA) is 38.7 Å². The van der Waals surface area contributed by atoms with Crippen LogP contribution in [0.5, 0.6) is 0 Å². The zero-order valence-corrected chi connectivity index (χ0v) is 29.5. The summed E-state index contributed by atoms with van der Waals surface area (Å²) in [6.07, 6.45) is 0. The predicted molar refractivity (Wildman–Crippen MR) is 223 cm³/mol. The van der Waals surface area contributed by atoms with Gasteiger partial charge in [-0.25, -0.2) is 15.0 Å². The van der Waals surface area contributed by atoms with Crippen LogP contribution in [-0.2, 0) is 0 Å². The van der Waals surface area contributed by atoms with Gasteiger partial charge in [-0.1, -0.05) is 164 Å². The lowest BCUT2D eigenvalue weighted by atomic mass is 9.91. The Morgan fingerprint density at radius 1 is 0.321 bits per heavy atom. The third-order valence-corrected chi connectivity index (χ3v) is 11.1. The SMILES string of the molecule is c1ccc(-c2c(-c3nc(-c4cccc(-c5ccc(-c6ccccc6)c6ccccc56)c4)nc(-c4cc5ccccc5s4)n3)ccc3ccccc23)cc1. The number of hydrogen-bond acceptors (Lipinski definition) is 4. The molecule has 4 heteroatoms. The van der Waals surface area contributed by atoms with E-state index in [9.17, 15) is 0 Å².